The second-order valence-electron chi connectivity index (χ2n) is 5.50. The maximum absolute atomic E-state index is 12.8. The number of carbonyl (C=O) groups excluding carboxylic acids is 1. The van der Waals surface area contributed by atoms with Gasteiger partial charge >= 0.3 is 6.18 Å². The molecule has 1 heterocycles. The fourth-order valence-corrected chi connectivity index (χ4v) is 2.99. The van der Waals surface area contributed by atoms with E-state index in [-0.39, 0.29) is 37.1 Å². The van der Waals surface area contributed by atoms with Gasteiger partial charge in [0.15, 0.2) is 0 Å². The van der Waals surface area contributed by atoms with Crippen LogP contribution in [-0.2, 0) is 17.4 Å². The molecule has 0 radical (unpaired) electrons. The Morgan fingerprint density at radius 3 is 2.59 bits per heavy atom. The lowest BCUT2D eigenvalue weighted by Crippen LogP contribution is -2.33. The zero-order chi connectivity index (χ0) is 18.3. The van der Waals surface area contributed by atoms with E-state index in [9.17, 15) is 18.0 Å². The van der Waals surface area contributed by atoms with Crippen LogP contribution >= 0.6 is 36.2 Å². The van der Waals surface area contributed by atoms with Gasteiger partial charge in [-0.15, -0.1) is 36.2 Å². The minimum Gasteiger partial charge on any atom is -0.354 e. The first-order valence-corrected chi connectivity index (χ1v) is 8.87. The van der Waals surface area contributed by atoms with Crippen molar-refractivity contribution in [2.24, 2.45) is 0 Å². The molecule has 0 saturated heterocycles. The number of hydrogen-bond acceptors (Lipinski definition) is 4. The third-order valence-electron chi connectivity index (χ3n) is 3.38. The molecule has 4 nitrogen and oxygen atoms in total. The molecule has 2 N–H and O–H groups in total. The number of amides is 1. The topological polar surface area (TPSA) is 54.0 Å². The summed E-state index contributed by atoms with van der Waals surface area (Å²) in [5.74, 6) is -0.154. The van der Waals surface area contributed by atoms with Gasteiger partial charge in [-0.05, 0) is 25.1 Å². The van der Waals surface area contributed by atoms with E-state index >= 15 is 0 Å². The number of aromatic nitrogens is 1. The minimum absolute atomic E-state index is 0. The zero-order valence-electron chi connectivity index (χ0n) is 14.6. The van der Waals surface area contributed by atoms with Crippen molar-refractivity contribution in [1.82, 2.24) is 15.6 Å². The smallest absolute Gasteiger partial charge is 0.354 e. The highest BCUT2D eigenvalue weighted by Gasteiger charge is 2.30. The molecule has 1 amide bonds. The molecule has 1 aromatic heterocycles. The molecule has 2 rings (SSSR count). The molecule has 0 aliphatic heterocycles. The van der Waals surface area contributed by atoms with Gasteiger partial charge in [0, 0.05) is 24.0 Å². The van der Waals surface area contributed by atoms with Crippen LogP contribution in [0.3, 0.4) is 0 Å². The molecule has 1 aromatic carbocycles. The summed E-state index contributed by atoms with van der Waals surface area (Å²) in [5.41, 5.74) is 0.241. The number of nitrogens with zero attached hydrogens (tertiary/aromatic N) is 1. The van der Waals surface area contributed by atoms with Gasteiger partial charge in [-0.3, -0.25) is 4.79 Å². The second-order valence-corrected chi connectivity index (χ2v) is 6.36. The summed E-state index contributed by atoms with van der Waals surface area (Å²) in [4.78, 5) is 16.1. The Morgan fingerprint density at radius 1 is 1.19 bits per heavy atom. The Balaban J connectivity index is 0.00000338. The van der Waals surface area contributed by atoms with Gasteiger partial charge in [0.25, 0.3) is 0 Å². The van der Waals surface area contributed by atoms with Crippen LogP contribution < -0.4 is 10.6 Å². The molecule has 0 saturated carbocycles. The van der Waals surface area contributed by atoms with Crippen LogP contribution in [0.2, 0.25) is 0 Å². The predicted molar refractivity (Wildman–Crippen MR) is 107 cm³/mol. The van der Waals surface area contributed by atoms with E-state index in [0.29, 0.717) is 29.4 Å². The van der Waals surface area contributed by atoms with Gasteiger partial charge in [0.1, 0.15) is 5.01 Å². The number of carbonyl (C=O) groups is 1. The van der Waals surface area contributed by atoms with Crippen molar-refractivity contribution < 1.29 is 18.0 Å². The third kappa shape index (κ3) is 8.47. The summed E-state index contributed by atoms with van der Waals surface area (Å²) >= 11 is 1.23. The van der Waals surface area contributed by atoms with Gasteiger partial charge in [-0.2, -0.15) is 13.2 Å². The molecule has 0 aliphatic carbocycles. The van der Waals surface area contributed by atoms with Gasteiger partial charge in [0.05, 0.1) is 17.7 Å². The normalized spacial score (nSPS) is 10.7. The molecule has 152 valence electrons. The summed E-state index contributed by atoms with van der Waals surface area (Å²) in [7, 11) is 0. The maximum atomic E-state index is 12.8. The summed E-state index contributed by atoms with van der Waals surface area (Å²) in [6, 6.07) is 5.03. The fraction of sp³-hybridized carbons (Fsp3) is 0.412. The molecule has 27 heavy (non-hydrogen) atoms. The lowest BCUT2D eigenvalue weighted by molar-refractivity contribution is -0.137. The van der Waals surface area contributed by atoms with E-state index in [1.807, 2.05) is 0 Å². The number of hydrogen-bond donors (Lipinski definition) is 2. The summed E-state index contributed by atoms with van der Waals surface area (Å²) in [5, 5.41) is 8.13. The first kappa shape index (κ1) is 25.6. The largest absolute Gasteiger partial charge is 0.416 e. The lowest BCUT2D eigenvalue weighted by Gasteiger charge is -2.07. The Hall–Kier alpha value is -1.35. The van der Waals surface area contributed by atoms with Crippen molar-refractivity contribution in [1.29, 1.82) is 0 Å². The highest BCUT2D eigenvalue weighted by Crippen LogP contribution is 2.33. The van der Waals surface area contributed by atoms with Gasteiger partial charge in [-0.25, -0.2) is 4.98 Å². The average molecular weight is 444 g/mol. The van der Waals surface area contributed by atoms with Crippen LogP contribution in [0.15, 0.2) is 29.6 Å². The molecule has 0 aliphatic rings. The molecule has 10 heteroatoms. The van der Waals surface area contributed by atoms with Crippen molar-refractivity contribution in [3.63, 3.8) is 0 Å². The molecule has 0 unspecified atom stereocenters. The number of benzene rings is 1. The Bertz CT molecular complexity index is 711. The Labute approximate surface area is 172 Å². The number of thiazole rings is 1. The summed E-state index contributed by atoms with van der Waals surface area (Å²) in [6.07, 6.45) is -3.24. The lowest BCUT2D eigenvalue weighted by atomic mass is 10.1. The van der Waals surface area contributed by atoms with Crippen LogP contribution in [0.1, 0.15) is 24.6 Å². The van der Waals surface area contributed by atoms with E-state index in [1.54, 1.807) is 11.4 Å². The van der Waals surface area contributed by atoms with Gasteiger partial charge in [-0.1, -0.05) is 19.1 Å². The Morgan fingerprint density at radius 2 is 1.93 bits per heavy atom. The van der Waals surface area contributed by atoms with Crippen LogP contribution in [0, 0.1) is 0 Å². The first-order valence-electron chi connectivity index (χ1n) is 7.99. The third-order valence-corrected chi connectivity index (χ3v) is 4.32. The summed E-state index contributed by atoms with van der Waals surface area (Å²) in [6.45, 7) is 4.20. The van der Waals surface area contributed by atoms with E-state index < -0.39 is 11.7 Å². The summed E-state index contributed by atoms with van der Waals surface area (Å²) < 4.78 is 38.3. The molecule has 2 aromatic rings. The van der Waals surface area contributed by atoms with Crippen LogP contribution in [0.5, 0.6) is 0 Å². The van der Waals surface area contributed by atoms with Crippen LogP contribution in [-0.4, -0.2) is 30.5 Å². The van der Waals surface area contributed by atoms with E-state index in [0.717, 1.165) is 25.1 Å². The van der Waals surface area contributed by atoms with Crippen molar-refractivity contribution in [3.8, 4) is 10.6 Å². The second kappa shape index (κ2) is 12.2. The average Bonchev–Trinajstić information content (AvgIpc) is 3.02. The predicted octanol–water partition coefficient (Wildman–Crippen LogP) is 4.33. The van der Waals surface area contributed by atoms with Gasteiger partial charge < -0.3 is 10.6 Å². The monoisotopic (exact) mass is 443 g/mol. The molecular formula is C17H22Cl2F3N3OS. The van der Waals surface area contributed by atoms with Crippen molar-refractivity contribution >= 4 is 42.1 Å². The van der Waals surface area contributed by atoms with Crippen LogP contribution in [0.25, 0.3) is 10.6 Å². The number of rotatable bonds is 8. The standard InChI is InChI=1S/C17H20F3N3OS.2ClH/c1-2-6-21-7-8-22-15(24)10-14-11-25-16(23-14)12-4-3-5-13(9-12)17(18,19)20;;/h3-5,9,11,21H,2,6-8,10H2,1H3,(H,22,24);2*1H. The molecular weight excluding hydrogens is 422 g/mol. The maximum Gasteiger partial charge on any atom is 0.416 e. The number of alkyl halides is 3. The van der Waals surface area contributed by atoms with E-state index in [1.165, 1.54) is 17.4 Å². The van der Waals surface area contributed by atoms with Crippen molar-refractivity contribution in [3.05, 3.63) is 40.9 Å². The molecule has 0 spiro atoms. The Kier molecular flexibility index (Phi) is 11.6. The number of nitrogens with one attached hydrogen (secondary N) is 2. The SMILES string of the molecule is CCCNCCNC(=O)Cc1csc(-c2cccc(C(F)(F)F)c2)n1.Cl.Cl. The number of halogens is 5. The minimum atomic E-state index is -4.39. The highest BCUT2D eigenvalue weighted by molar-refractivity contribution is 7.13. The van der Waals surface area contributed by atoms with Gasteiger partial charge in [0.2, 0.25) is 5.91 Å². The first-order chi connectivity index (χ1) is 11.9. The molecule has 0 fully saturated rings. The fourth-order valence-electron chi connectivity index (χ4n) is 2.17. The quantitative estimate of drug-likeness (QED) is 0.596. The molecule has 0 atom stereocenters. The highest BCUT2D eigenvalue weighted by atomic mass is 35.5. The van der Waals surface area contributed by atoms with Crippen LogP contribution in [0.4, 0.5) is 13.2 Å². The molecule has 0 bridgehead atoms. The van der Waals surface area contributed by atoms with Crippen molar-refractivity contribution in [2.75, 3.05) is 19.6 Å². The van der Waals surface area contributed by atoms with Crippen molar-refractivity contribution in [2.45, 2.75) is 25.9 Å². The van der Waals surface area contributed by atoms with E-state index in [2.05, 4.69) is 22.5 Å². The zero-order valence-corrected chi connectivity index (χ0v) is 17.1. The van der Waals surface area contributed by atoms with E-state index in [4.69, 9.17) is 0 Å².